The quantitative estimate of drug-likeness (QED) is 0.408. The van der Waals surface area contributed by atoms with Gasteiger partial charge < -0.3 is 0 Å². The normalized spacial score (nSPS) is 12.8. The van der Waals surface area contributed by atoms with Gasteiger partial charge in [-0.15, -0.1) is 0 Å². The van der Waals surface area contributed by atoms with Crippen molar-refractivity contribution in [2.45, 2.75) is 17.9 Å². The van der Waals surface area contributed by atoms with Crippen LogP contribution in [-0.2, 0) is 0 Å². The minimum atomic E-state index is -0.205. The minimum Gasteiger partial charge on any atom is -0.177 e. The van der Waals surface area contributed by atoms with Gasteiger partial charge in [0.1, 0.15) is 0 Å². The van der Waals surface area contributed by atoms with Crippen LogP contribution in [0.25, 0.3) is 0 Å². The van der Waals surface area contributed by atoms with Gasteiger partial charge in [-0.1, -0.05) is 13.8 Å². The molecule has 0 aliphatic rings. The van der Waals surface area contributed by atoms with Crippen LogP contribution in [0.2, 0.25) is 0 Å². The average molecular weight is 168 g/mol. The maximum Gasteiger partial charge on any atom is 0.0662 e. The van der Waals surface area contributed by atoms with Crippen molar-refractivity contribution in [3.8, 4) is 0 Å². The number of hydrogen-bond donors (Lipinski definition) is 3. The molecule has 8 heavy (non-hydrogen) atoms. The van der Waals surface area contributed by atoms with Crippen LogP contribution in [0.5, 0.6) is 0 Å². The summed E-state index contributed by atoms with van der Waals surface area (Å²) >= 11 is 12.6. The van der Waals surface area contributed by atoms with E-state index < -0.39 is 0 Å². The predicted octanol–water partition coefficient (Wildman–Crippen LogP) is 2.13. The predicted molar refractivity (Wildman–Crippen MR) is 49.4 cm³/mol. The number of rotatable bonds is 2. The molecule has 0 aromatic carbocycles. The van der Waals surface area contributed by atoms with E-state index >= 15 is 0 Å². The smallest absolute Gasteiger partial charge is 0.0662 e. The highest BCUT2D eigenvalue weighted by Crippen LogP contribution is 2.29. The van der Waals surface area contributed by atoms with Crippen LogP contribution in [0.3, 0.4) is 0 Å². The average Bonchev–Trinajstić information content (AvgIpc) is 1.67. The molecule has 0 saturated carbocycles. The van der Waals surface area contributed by atoms with Crippen molar-refractivity contribution in [3.05, 3.63) is 0 Å². The van der Waals surface area contributed by atoms with Crippen LogP contribution < -0.4 is 0 Å². The fourth-order valence-electron chi connectivity index (χ4n) is 0.183. The molecular weight excluding hydrogens is 156 g/mol. The molecular formula is C5H12S3. The summed E-state index contributed by atoms with van der Waals surface area (Å²) in [4.78, 5) is 0. The third-order valence-corrected chi connectivity index (χ3v) is 3.50. The highest BCUT2D eigenvalue weighted by atomic mass is 32.2. The first kappa shape index (κ1) is 9.05. The van der Waals surface area contributed by atoms with E-state index in [0.717, 1.165) is 0 Å². The summed E-state index contributed by atoms with van der Waals surface area (Å²) < 4.78 is -0.205. The largest absolute Gasteiger partial charge is 0.177 e. The van der Waals surface area contributed by atoms with E-state index in [0.29, 0.717) is 11.7 Å². The van der Waals surface area contributed by atoms with Crippen molar-refractivity contribution in [2.75, 3.05) is 5.75 Å². The number of hydrogen-bond acceptors (Lipinski definition) is 3. The Bertz CT molecular complexity index is 68.1. The molecule has 0 rings (SSSR count). The van der Waals surface area contributed by atoms with Crippen LogP contribution in [-0.4, -0.2) is 9.83 Å². The van der Waals surface area contributed by atoms with Gasteiger partial charge in [0.15, 0.2) is 0 Å². The third-order valence-electron chi connectivity index (χ3n) is 1.16. The summed E-state index contributed by atoms with van der Waals surface area (Å²) in [6, 6.07) is 0. The van der Waals surface area contributed by atoms with E-state index in [1.165, 1.54) is 0 Å². The summed E-state index contributed by atoms with van der Waals surface area (Å²) in [6.07, 6.45) is 0. The monoisotopic (exact) mass is 168 g/mol. The molecule has 0 unspecified atom stereocenters. The van der Waals surface area contributed by atoms with E-state index in [9.17, 15) is 0 Å². The highest BCUT2D eigenvalue weighted by molar-refractivity contribution is 8.01. The first-order valence-electron chi connectivity index (χ1n) is 2.56. The van der Waals surface area contributed by atoms with Gasteiger partial charge in [0, 0.05) is 5.75 Å². The Morgan fingerprint density at radius 2 is 1.75 bits per heavy atom. The molecule has 0 amide bonds. The lowest BCUT2D eigenvalue weighted by Gasteiger charge is -2.24. The fraction of sp³-hybridized carbons (Fsp3) is 1.00. The Morgan fingerprint density at radius 1 is 1.38 bits per heavy atom. The molecule has 0 aliphatic heterocycles. The molecule has 0 aromatic rings. The molecule has 0 nitrogen and oxygen atoms in total. The lowest BCUT2D eigenvalue weighted by molar-refractivity contribution is 0.618. The van der Waals surface area contributed by atoms with Gasteiger partial charge >= 0.3 is 0 Å². The molecule has 0 spiro atoms. The Hall–Kier alpha value is 1.05. The Labute approximate surface area is 67.7 Å². The Morgan fingerprint density at radius 3 is 1.75 bits per heavy atom. The maximum absolute atomic E-state index is 4.27. The van der Waals surface area contributed by atoms with Crippen LogP contribution in [0, 0.1) is 5.92 Å². The molecule has 3 heteroatoms. The molecule has 0 saturated heterocycles. The SMILES string of the molecule is CC(C)C(S)(S)CS. The van der Waals surface area contributed by atoms with Crippen molar-refractivity contribution in [3.63, 3.8) is 0 Å². The Balaban J connectivity index is 3.71. The van der Waals surface area contributed by atoms with Crippen molar-refractivity contribution in [1.29, 1.82) is 0 Å². The van der Waals surface area contributed by atoms with Gasteiger partial charge in [-0.05, 0) is 5.92 Å². The second-order valence-electron chi connectivity index (χ2n) is 2.19. The van der Waals surface area contributed by atoms with Crippen molar-refractivity contribution >= 4 is 37.9 Å². The molecule has 0 aliphatic carbocycles. The Kier molecular flexibility index (Phi) is 3.71. The van der Waals surface area contributed by atoms with Crippen LogP contribution in [0.15, 0.2) is 0 Å². The molecule has 0 N–H and O–H groups in total. The van der Waals surface area contributed by atoms with Gasteiger partial charge in [0.05, 0.1) is 4.08 Å². The van der Waals surface area contributed by atoms with E-state index in [1.807, 2.05) is 0 Å². The van der Waals surface area contributed by atoms with E-state index in [-0.39, 0.29) is 4.08 Å². The zero-order valence-electron chi connectivity index (χ0n) is 5.13. The van der Waals surface area contributed by atoms with Gasteiger partial charge in [0.2, 0.25) is 0 Å². The van der Waals surface area contributed by atoms with Crippen molar-refractivity contribution in [2.24, 2.45) is 5.92 Å². The van der Waals surface area contributed by atoms with Gasteiger partial charge in [-0.25, -0.2) is 0 Å². The first-order valence-corrected chi connectivity index (χ1v) is 4.09. The minimum absolute atomic E-state index is 0.205. The van der Waals surface area contributed by atoms with Gasteiger partial charge in [0.25, 0.3) is 0 Å². The van der Waals surface area contributed by atoms with E-state index in [2.05, 4.69) is 51.7 Å². The first-order chi connectivity index (χ1) is 3.50. The summed E-state index contributed by atoms with van der Waals surface area (Å²) in [5, 5.41) is 0. The zero-order valence-corrected chi connectivity index (χ0v) is 7.81. The van der Waals surface area contributed by atoms with E-state index in [1.54, 1.807) is 0 Å². The van der Waals surface area contributed by atoms with Crippen LogP contribution >= 0.6 is 37.9 Å². The van der Waals surface area contributed by atoms with E-state index in [4.69, 9.17) is 0 Å². The summed E-state index contributed by atoms with van der Waals surface area (Å²) in [6.45, 7) is 4.16. The van der Waals surface area contributed by atoms with Gasteiger partial charge in [-0.2, -0.15) is 37.9 Å². The summed E-state index contributed by atoms with van der Waals surface area (Å²) in [5.41, 5.74) is 0. The summed E-state index contributed by atoms with van der Waals surface area (Å²) in [7, 11) is 0. The number of thiol groups is 3. The lowest BCUT2D eigenvalue weighted by Crippen LogP contribution is -2.22. The van der Waals surface area contributed by atoms with Crippen molar-refractivity contribution < 1.29 is 0 Å². The van der Waals surface area contributed by atoms with Crippen molar-refractivity contribution in [1.82, 2.24) is 0 Å². The third kappa shape index (κ3) is 2.55. The van der Waals surface area contributed by atoms with Crippen LogP contribution in [0.4, 0.5) is 0 Å². The highest BCUT2D eigenvalue weighted by Gasteiger charge is 2.21. The zero-order chi connectivity index (χ0) is 6.78. The molecule has 0 atom stereocenters. The van der Waals surface area contributed by atoms with Crippen LogP contribution in [0.1, 0.15) is 13.8 Å². The second-order valence-corrected chi connectivity index (χ2v) is 4.46. The molecule has 0 aromatic heterocycles. The summed E-state index contributed by atoms with van der Waals surface area (Å²) in [5.74, 6) is 1.17. The van der Waals surface area contributed by atoms with Gasteiger partial charge in [-0.3, -0.25) is 0 Å². The maximum atomic E-state index is 4.27. The lowest BCUT2D eigenvalue weighted by atomic mass is 10.1. The molecule has 50 valence electrons. The standard InChI is InChI=1S/C5H12S3/c1-4(2)5(7,8)3-6/h4,6-8H,3H2,1-2H3. The molecule has 0 radical (unpaired) electrons. The molecule has 0 fully saturated rings. The molecule has 0 heterocycles. The second kappa shape index (κ2) is 3.28. The molecule has 0 bridgehead atoms. The topological polar surface area (TPSA) is 0 Å². The fourth-order valence-corrected chi connectivity index (χ4v) is 0.548.